The van der Waals surface area contributed by atoms with Gasteiger partial charge in [-0.05, 0) is 60.8 Å². The van der Waals surface area contributed by atoms with E-state index in [1.807, 2.05) is 6.92 Å². The number of pyridine rings is 1. The van der Waals surface area contributed by atoms with Crippen LogP contribution >= 0.6 is 11.6 Å². The van der Waals surface area contributed by atoms with Crippen molar-refractivity contribution >= 4 is 29.2 Å². The summed E-state index contributed by atoms with van der Waals surface area (Å²) in [6.07, 6.45) is -3.06. The fourth-order valence-electron chi connectivity index (χ4n) is 5.66. The largest absolute Gasteiger partial charge is 0.392 e. The number of carbonyl (C=O) groups excluding carboxylic acids is 2. The Morgan fingerprint density at radius 1 is 1.10 bits per heavy atom. The molecule has 0 saturated carbocycles. The van der Waals surface area contributed by atoms with Crippen LogP contribution in [-0.4, -0.2) is 78.2 Å². The van der Waals surface area contributed by atoms with Gasteiger partial charge in [-0.1, -0.05) is 42.8 Å². The van der Waals surface area contributed by atoms with Crippen molar-refractivity contribution in [1.29, 1.82) is 0 Å². The molecular weight excluding hydrogens is 545 g/mol. The van der Waals surface area contributed by atoms with E-state index in [1.54, 1.807) is 38.4 Å². The molecule has 2 saturated heterocycles. The van der Waals surface area contributed by atoms with Gasteiger partial charge in [-0.3, -0.25) is 9.59 Å². The summed E-state index contributed by atoms with van der Waals surface area (Å²) >= 11 is 6.27. The Labute approximate surface area is 237 Å². The molecule has 40 heavy (non-hydrogen) atoms. The van der Waals surface area contributed by atoms with Crippen LogP contribution in [0.3, 0.4) is 0 Å². The van der Waals surface area contributed by atoms with Crippen molar-refractivity contribution in [1.82, 2.24) is 14.8 Å². The van der Waals surface area contributed by atoms with E-state index in [2.05, 4.69) is 9.88 Å². The lowest BCUT2D eigenvalue weighted by Gasteiger charge is -2.45. The molecule has 1 unspecified atom stereocenters. The van der Waals surface area contributed by atoms with Gasteiger partial charge in [0.2, 0.25) is 0 Å². The minimum atomic E-state index is -4.70. The van der Waals surface area contributed by atoms with Gasteiger partial charge in [0.1, 0.15) is 11.0 Å². The molecule has 11 heteroatoms. The molecule has 7 nitrogen and oxygen atoms in total. The van der Waals surface area contributed by atoms with Crippen LogP contribution in [0.15, 0.2) is 36.4 Å². The van der Waals surface area contributed by atoms with E-state index in [-0.39, 0.29) is 22.5 Å². The highest BCUT2D eigenvalue weighted by atomic mass is 35.5. The van der Waals surface area contributed by atoms with E-state index in [4.69, 9.17) is 11.6 Å². The van der Waals surface area contributed by atoms with Crippen molar-refractivity contribution in [2.45, 2.75) is 50.8 Å². The fraction of sp³-hybridized carbons (Fsp3) is 0.552. The summed E-state index contributed by atoms with van der Waals surface area (Å²) in [6, 6.07) is 9.72. The summed E-state index contributed by atoms with van der Waals surface area (Å²) in [5, 5.41) is 11.3. The number of nitrogens with zero attached hydrogens (tertiary/aromatic N) is 4. The molecule has 4 rings (SSSR count). The van der Waals surface area contributed by atoms with E-state index in [0.29, 0.717) is 31.0 Å². The number of amides is 2. The molecule has 0 radical (unpaired) electrons. The van der Waals surface area contributed by atoms with Gasteiger partial charge in [0.05, 0.1) is 12.0 Å². The molecule has 2 amide bonds. The van der Waals surface area contributed by atoms with E-state index in [1.165, 1.54) is 21.9 Å². The van der Waals surface area contributed by atoms with Gasteiger partial charge in [0, 0.05) is 40.3 Å². The second kappa shape index (κ2) is 11.9. The SMILES string of the molecule is CCc1cccc(C(O)(CC(F)(F)F)C(=O)N2CC(CC3CCN(c4ccc(C(=O)N(C)C)c(Cl)n4)CC3)C2)c1. The Morgan fingerprint density at radius 2 is 1.77 bits per heavy atom. The summed E-state index contributed by atoms with van der Waals surface area (Å²) < 4.78 is 40.4. The van der Waals surface area contributed by atoms with Gasteiger partial charge in [-0.25, -0.2) is 4.98 Å². The van der Waals surface area contributed by atoms with Crippen molar-refractivity contribution in [2.24, 2.45) is 11.8 Å². The summed E-state index contributed by atoms with van der Waals surface area (Å²) in [7, 11) is 3.31. The zero-order valence-electron chi connectivity index (χ0n) is 23.0. The third kappa shape index (κ3) is 6.71. The Morgan fingerprint density at radius 3 is 2.35 bits per heavy atom. The van der Waals surface area contributed by atoms with Crippen LogP contribution in [0.2, 0.25) is 5.15 Å². The molecule has 0 spiro atoms. The molecule has 2 fully saturated rings. The van der Waals surface area contributed by atoms with Crippen LogP contribution in [0, 0.1) is 11.8 Å². The first-order valence-corrected chi connectivity index (χ1v) is 14.0. The van der Waals surface area contributed by atoms with Crippen LogP contribution in [-0.2, 0) is 16.8 Å². The number of hydrogen-bond donors (Lipinski definition) is 1. The molecule has 218 valence electrons. The maximum atomic E-state index is 13.5. The van der Waals surface area contributed by atoms with E-state index >= 15 is 0 Å². The second-order valence-corrected chi connectivity index (χ2v) is 11.5. The number of anilines is 1. The molecule has 2 aliphatic rings. The molecule has 1 atom stereocenters. The van der Waals surface area contributed by atoms with Crippen molar-refractivity contribution in [3.05, 3.63) is 58.2 Å². The predicted molar refractivity (Wildman–Crippen MR) is 147 cm³/mol. The van der Waals surface area contributed by atoms with Crippen molar-refractivity contribution < 1.29 is 27.9 Å². The highest BCUT2D eigenvalue weighted by Gasteiger charge is 2.51. The molecular formula is C29H36ClF3N4O3. The summed E-state index contributed by atoms with van der Waals surface area (Å²) in [6.45, 7) is 4.08. The molecule has 3 heterocycles. The van der Waals surface area contributed by atoms with Crippen LogP contribution in [0.1, 0.15) is 54.1 Å². The van der Waals surface area contributed by atoms with Gasteiger partial charge < -0.3 is 19.8 Å². The lowest BCUT2D eigenvalue weighted by Crippen LogP contribution is -2.58. The standard InChI is InChI=1S/C29H36ClF3N4O3/c1-4-19-6-5-7-22(15-19)28(40,18-29(31,32)33)27(39)37-16-21(17-37)14-20-10-12-36(13-11-20)24-9-8-23(25(30)34-24)26(38)35(2)3/h5-9,15,20-21,40H,4,10-14,16-18H2,1-3H3. The van der Waals surface area contributed by atoms with Gasteiger partial charge in [-0.15, -0.1) is 0 Å². The first kappa shape index (κ1) is 30.1. The van der Waals surface area contributed by atoms with Gasteiger partial charge >= 0.3 is 6.18 Å². The first-order chi connectivity index (χ1) is 18.8. The number of piperidine rings is 1. The molecule has 1 aromatic heterocycles. The van der Waals surface area contributed by atoms with Crippen molar-refractivity contribution in [3.8, 4) is 0 Å². The number of aliphatic hydroxyl groups is 1. The minimum Gasteiger partial charge on any atom is -0.375 e. The molecule has 0 bridgehead atoms. The Balaban J connectivity index is 1.32. The maximum absolute atomic E-state index is 13.5. The summed E-state index contributed by atoms with van der Waals surface area (Å²) in [5.41, 5.74) is -1.54. The van der Waals surface area contributed by atoms with Gasteiger partial charge in [0.25, 0.3) is 11.8 Å². The highest BCUT2D eigenvalue weighted by molar-refractivity contribution is 6.32. The second-order valence-electron chi connectivity index (χ2n) is 11.2. The number of rotatable bonds is 8. The lowest BCUT2D eigenvalue weighted by atomic mass is 9.81. The van der Waals surface area contributed by atoms with E-state index in [0.717, 1.165) is 43.7 Å². The fourth-order valence-corrected chi connectivity index (χ4v) is 5.89. The molecule has 2 aromatic rings. The van der Waals surface area contributed by atoms with Crippen LogP contribution in [0.4, 0.5) is 19.0 Å². The number of halogens is 4. The zero-order chi connectivity index (χ0) is 29.2. The number of likely N-dealkylation sites (tertiary alicyclic amines) is 1. The number of benzene rings is 1. The first-order valence-electron chi connectivity index (χ1n) is 13.6. The molecule has 2 aliphatic heterocycles. The molecule has 0 aliphatic carbocycles. The third-order valence-electron chi connectivity index (χ3n) is 7.94. The van der Waals surface area contributed by atoms with Crippen molar-refractivity contribution in [3.63, 3.8) is 0 Å². The number of hydrogen-bond acceptors (Lipinski definition) is 5. The highest BCUT2D eigenvalue weighted by Crippen LogP contribution is 2.39. The Bertz CT molecular complexity index is 1230. The number of carbonyl (C=O) groups is 2. The van der Waals surface area contributed by atoms with Gasteiger partial charge in [0.15, 0.2) is 5.60 Å². The quantitative estimate of drug-likeness (QED) is 0.449. The molecule has 1 N–H and O–H groups in total. The number of aromatic nitrogens is 1. The van der Waals surface area contributed by atoms with Crippen LogP contribution in [0.5, 0.6) is 0 Å². The van der Waals surface area contributed by atoms with Crippen molar-refractivity contribution in [2.75, 3.05) is 45.2 Å². The minimum absolute atomic E-state index is 0.0159. The smallest absolute Gasteiger partial charge is 0.375 e. The van der Waals surface area contributed by atoms with E-state index in [9.17, 15) is 27.9 Å². The predicted octanol–water partition coefficient (Wildman–Crippen LogP) is 4.90. The maximum Gasteiger partial charge on any atom is 0.392 e. The average molecular weight is 581 g/mol. The Hall–Kier alpha value is -2.85. The Kier molecular flexibility index (Phi) is 8.99. The van der Waals surface area contributed by atoms with E-state index < -0.39 is 24.1 Å². The zero-order valence-corrected chi connectivity index (χ0v) is 23.8. The third-order valence-corrected chi connectivity index (χ3v) is 8.23. The number of alkyl halides is 3. The average Bonchev–Trinajstić information content (AvgIpc) is 2.89. The topological polar surface area (TPSA) is 77.0 Å². The number of aryl methyl sites for hydroxylation is 1. The van der Waals surface area contributed by atoms with Crippen LogP contribution in [0.25, 0.3) is 0 Å². The summed E-state index contributed by atoms with van der Waals surface area (Å²) in [4.78, 5) is 34.8. The molecule has 1 aromatic carbocycles. The van der Waals surface area contributed by atoms with Crippen LogP contribution < -0.4 is 4.90 Å². The normalized spacial score (nSPS) is 18.3. The monoisotopic (exact) mass is 580 g/mol. The van der Waals surface area contributed by atoms with Gasteiger partial charge in [-0.2, -0.15) is 13.2 Å². The lowest BCUT2D eigenvalue weighted by molar-refractivity contribution is -0.196. The summed E-state index contributed by atoms with van der Waals surface area (Å²) in [5.74, 6) is 0.223.